The van der Waals surface area contributed by atoms with Gasteiger partial charge in [-0.3, -0.25) is 0 Å². The first kappa shape index (κ1) is 16.1. The summed E-state index contributed by atoms with van der Waals surface area (Å²) in [5.41, 5.74) is 1.77. The van der Waals surface area contributed by atoms with Crippen molar-refractivity contribution in [2.45, 2.75) is 17.9 Å². The first-order valence-electron chi connectivity index (χ1n) is 7.21. The maximum Gasteiger partial charge on any atom is 0.255 e. The van der Waals surface area contributed by atoms with E-state index in [1.165, 1.54) is 0 Å². The van der Waals surface area contributed by atoms with E-state index in [0.29, 0.717) is 0 Å². The van der Waals surface area contributed by atoms with E-state index in [1.54, 1.807) is 36.4 Å². The number of rotatable bonds is 3. The molecule has 0 saturated carbocycles. The number of aryl methyl sites for hydroxylation is 1. The monoisotopic (exact) mass is 347 g/mol. The van der Waals surface area contributed by atoms with Crippen LogP contribution in [0.3, 0.4) is 0 Å². The van der Waals surface area contributed by atoms with Crippen molar-refractivity contribution in [1.82, 2.24) is 3.71 Å². The average Bonchev–Trinajstić information content (AvgIpc) is 2.55. The molecule has 0 aromatic heterocycles. The van der Waals surface area contributed by atoms with E-state index >= 15 is 0 Å². The van der Waals surface area contributed by atoms with Crippen molar-refractivity contribution < 1.29 is 12.6 Å². The van der Waals surface area contributed by atoms with Gasteiger partial charge < -0.3 is 0 Å². The zero-order valence-corrected chi connectivity index (χ0v) is 14.3. The fourth-order valence-corrected chi connectivity index (χ4v) is 5.86. The Morgan fingerprint density at radius 3 is 2.35 bits per heavy atom. The summed E-state index contributed by atoms with van der Waals surface area (Å²) in [5.74, 6) is 0.203. The second kappa shape index (κ2) is 6.39. The molecule has 4 nitrogen and oxygen atoms in total. The molecule has 120 valence electrons. The van der Waals surface area contributed by atoms with Crippen LogP contribution in [0.25, 0.3) is 0 Å². The van der Waals surface area contributed by atoms with Gasteiger partial charge in [0, 0.05) is 0 Å². The van der Waals surface area contributed by atoms with Gasteiger partial charge in [0.2, 0.25) is 0 Å². The van der Waals surface area contributed by atoms with Crippen molar-refractivity contribution in [2.75, 3.05) is 5.75 Å². The molecule has 0 radical (unpaired) electrons. The SMILES string of the molecule is Cc1ccc(S(=O)(=O)N2[C@H](c3ccccc3)C=CCS2=O)cc1. The molecular weight excluding hydrogens is 330 g/mol. The number of hydrogen-bond donors (Lipinski definition) is 0. The summed E-state index contributed by atoms with van der Waals surface area (Å²) < 4.78 is 39.6. The predicted octanol–water partition coefficient (Wildman–Crippen LogP) is 2.96. The Bertz CT molecular complexity index is 843. The Kier molecular flexibility index (Phi) is 4.48. The molecule has 1 aliphatic rings. The molecule has 2 aromatic carbocycles. The number of nitrogens with zero attached hydrogens (tertiary/aromatic N) is 1. The predicted molar refractivity (Wildman–Crippen MR) is 91.5 cm³/mol. The van der Waals surface area contributed by atoms with E-state index < -0.39 is 27.1 Å². The molecular formula is C17H17NO3S2. The van der Waals surface area contributed by atoms with Crippen LogP contribution in [0.4, 0.5) is 0 Å². The molecule has 2 aromatic rings. The van der Waals surface area contributed by atoms with Gasteiger partial charge in [-0.2, -0.15) is 0 Å². The molecule has 1 unspecified atom stereocenters. The summed E-state index contributed by atoms with van der Waals surface area (Å²) in [6, 6.07) is 15.3. The Labute approximate surface area is 139 Å². The smallest absolute Gasteiger partial charge is 0.241 e. The molecule has 0 aliphatic carbocycles. The lowest BCUT2D eigenvalue weighted by Crippen LogP contribution is -2.38. The van der Waals surface area contributed by atoms with E-state index in [-0.39, 0.29) is 10.6 Å². The lowest BCUT2D eigenvalue weighted by atomic mass is 10.1. The zero-order chi connectivity index (χ0) is 16.4. The highest BCUT2D eigenvalue weighted by atomic mass is 32.3. The zero-order valence-electron chi connectivity index (χ0n) is 12.6. The largest absolute Gasteiger partial charge is 0.255 e. The molecule has 1 heterocycles. The highest BCUT2D eigenvalue weighted by molar-refractivity contribution is 8.01. The van der Waals surface area contributed by atoms with Gasteiger partial charge in [-0.05, 0) is 24.6 Å². The summed E-state index contributed by atoms with van der Waals surface area (Å²) in [6.45, 7) is 1.89. The maximum absolute atomic E-state index is 13.0. The average molecular weight is 347 g/mol. The molecule has 0 N–H and O–H groups in total. The lowest BCUT2D eigenvalue weighted by molar-refractivity contribution is 0.496. The van der Waals surface area contributed by atoms with Gasteiger partial charge in [0.05, 0.1) is 16.7 Å². The topological polar surface area (TPSA) is 54.5 Å². The van der Waals surface area contributed by atoms with Crippen LogP contribution in [0.15, 0.2) is 71.6 Å². The Morgan fingerprint density at radius 1 is 1.04 bits per heavy atom. The quantitative estimate of drug-likeness (QED) is 0.802. The number of sulfonamides is 1. The van der Waals surface area contributed by atoms with Gasteiger partial charge in [0.1, 0.15) is 11.0 Å². The van der Waals surface area contributed by atoms with Crippen molar-refractivity contribution in [3.8, 4) is 0 Å². The minimum atomic E-state index is -3.84. The highest BCUT2D eigenvalue weighted by Crippen LogP contribution is 2.33. The van der Waals surface area contributed by atoms with Gasteiger partial charge in [0.25, 0.3) is 10.0 Å². The van der Waals surface area contributed by atoms with E-state index in [2.05, 4.69) is 0 Å². The van der Waals surface area contributed by atoms with Crippen LogP contribution in [-0.4, -0.2) is 22.1 Å². The third-order valence-electron chi connectivity index (χ3n) is 3.68. The second-order valence-electron chi connectivity index (χ2n) is 5.35. The van der Waals surface area contributed by atoms with E-state index in [0.717, 1.165) is 14.8 Å². The van der Waals surface area contributed by atoms with Crippen LogP contribution in [0, 0.1) is 6.92 Å². The number of hydrogen-bond acceptors (Lipinski definition) is 3. The van der Waals surface area contributed by atoms with E-state index in [9.17, 15) is 12.6 Å². The van der Waals surface area contributed by atoms with Crippen molar-refractivity contribution in [3.63, 3.8) is 0 Å². The third-order valence-corrected chi connectivity index (χ3v) is 7.44. The van der Waals surface area contributed by atoms with Crippen molar-refractivity contribution in [1.29, 1.82) is 0 Å². The summed E-state index contributed by atoms with van der Waals surface area (Å²) in [4.78, 5) is 0.160. The number of benzene rings is 2. The summed E-state index contributed by atoms with van der Waals surface area (Å²) in [5, 5.41) is 0. The Balaban J connectivity index is 2.08. The lowest BCUT2D eigenvalue weighted by Gasteiger charge is -2.30. The highest BCUT2D eigenvalue weighted by Gasteiger charge is 2.37. The standard InChI is InChI=1S/C17H17NO3S2/c1-14-9-11-16(12-10-14)23(20,21)18-17(8-5-13-22(18)19)15-6-3-2-4-7-15/h2-12,17H,13H2,1H3/t17-,22?/m0/s1. The van der Waals surface area contributed by atoms with Gasteiger partial charge in [-0.1, -0.05) is 60.2 Å². The molecule has 1 aliphatic heterocycles. The van der Waals surface area contributed by atoms with Crippen LogP contribution in [-0.2, 0) is 21.0 Å². The maximum atomic E-state index is 13.0. The fourth-order valence-electron chi connectivity index (χ4n) is 2.49. The molecule has 0 saturated heterocycles. The normalized spacial score (nSPS) is 22.1. The van der Waals surface area contributed by atoms with E-state index in [4.69, 9.17) is 0 Å². The molecule has 23 heavy (non-hydrogen) atoms. The van der Waals surface area contributed by atoms with Crippen LogP contribution < -0.4 is 0 Å². The second-order valence-corrected chi connectivity index (χ2v) is 8.76. The Hall–Kier alpha value is -1.76. The first-order valence-corrected chi connectivity index (χ1v) is 9.93. The van der Waals surface area contributed by atoms with Crippen LogP contribution >= 0.6 is 0 Å². The third kappa shape index (κ3) is 3.15. The molecule has 0 bridgehead atoms. The van der Waals surface area contributed by atoms with Crippen LogP contribution in [0.1, 0.15) is 17.2 Å². The van der Waals surface area contributed by atoms with E-state index in [1.807, 2.05) is 37.3 Å². The fraction of sp³-hybridized carbons (Fsp3) is 0.176. The molecule has 3 rings (SSSR count). The van der Waals surface area contributed by atoms with Gasteiger partial charge in [-0.15, -0.1) is 3.71 Å². The summed E-state index contributed by atoms with van der Waals surface area (Å²) in [6.07, 6.45) is 3.57. The van der Waals surface area contributed by atoms with Gasteiger partial charge in [-0.25, -0.2) is 12.6 Å². The molecule has 2 atom stereocenters. The molecule has 0 amide bonds. The summed E-state index contributed by atoms with van der Waals surface area (Å²) in [7, 11) is -5.47. The molecule has 6 heteroatoms. The van der Waals surface area contributed by atoms with Crippen molar-refractivity contribution in [3.05, 3.63) is 77.9 Å². The molecule has 0 spiro atoms. The first-order chi connectivity index (χ1) is 11.0. The van der Waals surface area contributed by atoms with Crippen LogP contribution in [0.5, 0.6) is 0 Å². The van der Waals surface area contributed by atoms with Crippen LogP contribution in [0.2, 0.25) is 0 Å². The summed E-state index contributed by atoms with van der Waals surface area (Å²) >= 11 is 0. The van der Waals surface area contributed by atoms with Gasteiger partial charge >= 0.3 is 0 Å². The minimum absolute atomic E-state index is 0.160. The minimum Gasteiger partial charge on any atom is -0.241 e. The Morgan fingerprint density at radius 2 is 1.70 bits per heavy atom. The molecule has 0 fully saturated rings. The van der Waals surface area contributed by atoms with Gasteiger partial charge in [0.15, 0.2) is 0 Å². The van der Waals surface area contributed by atoms with Crippen molar-refractivity contribution >= 4 is 21.0 Å². The van der Waals surface area contributed by atoms with Crippen molar-refractivity contribution in [2.24, 2.45) is 0 Å².